The van der Waals surface area contributed by atoms with Crippen molar-refractivity contribution >= 4 is 33.6 Å². The van der Waals surface area contributed by atoms with Gasteiger partial charge in [-0.05, 0) is 56.7 Å². The van der Waals surface area contributed by atoms with E-state index in [4.69, 9.17) is 4.74 Å². The molecule has 0 spiro atoms. The predicted octanol–water partition coefficient (Wildman–Crippen LogP) is 5.07. The predicted molar refractivity (Wildman–Crippen MR) is 106 cm³/mol. The zero-order valence-corrected chi connectivity index (χ0v) is 17.0. The van der Waals surface area contributed by atoms with Gasteiger partial charge in [0, 0.05) is 29.3 Å². The van der Waals surface area contributed by atoms with Gasteiger partial charge in [-0.3, -0.25) is 10.1 Å². The second-order valence-corrected chi connectivity index (χ2v) is 7.81. The maximum absolute atomic E-state index is 12.6. The van der Waals surface area contributed by atoms with Gasteiger partial charge in [0.2, 0.25) is 0 Å². The number of amides is 2. The van der Waals surface area contributed by atoms with Crippen LogP contribution in [-0.2, 0) is 11.3 Å². The van der Waals surface area contributed by atoms with Crippen LogP contribution >= 0.6 is 15.9 Å². The van der Waals surface area contributed by atoms with Crippen molar-refractivity contribution in [3.63, 3.8) is 0 Å². The van der Waals surface area contributed by atoms with Crippen LogP contribution in [-0.4, -0.2) is 29.5 Å². The van der Waals surface area contributed by atoms with E-state index >= 15 is 0 Å². The molecule has 0 heterocycles. The van der Waals surface area contributed by atoms with Crippen LogP contribution in [0.4, 0.5) is 10.5 Å². The highest BCUT2D eigenvalue weighted by Crippen LogP contribution is 2.19. The van der Waals surface area contributed by atoms with Crippen LogP contribution in [0, 0.1) is 0 Å². The molecular formula is C20H23BrN2O3. The minimum Gasteiger partial charge on any atom is -0.444 e. The molecule has 2 aromatic rings. The van der Waals surface area contributed by atoms with E-state index < -0.39 is 11.7 Å². The topological polar surface area (TPSA) is 58.6 Å². The highest BCUT2D eigenvalue weighted by atomic mass is 79.9. The number of ether oxygens (including phenoxy) is 1. The number of halogens is 1. The van der Waals surface area contributed by atoms with Gasteiger partial charge in [-0.2, -0.15) is 0 Å². The Labute approximate surface area is 162 Å². The molecule has 0 aliphatic rings. The summed E-state index contributed by atoms with van der Waals surface area (Å²) in [6.07, 6.45) is -0.525. The molecule has 0 aliphatic carbocycles. The summed E-state index contributed by atoms with van der Waals surface area (Å²) in [4.78, 5) is 26.0. The van der Waals surface area contributed by atoms with Crippen molar-refractivity contribution in [1.29, 1.82) is 0 Å². The van der Waals surface area contributed by atoms with Crippen molar-refractivity contribution in [2.75, 3.05) is 12.4 Å². The van der Waals surface area contributed by atoms with E-state index in [1.165, 1.54) is 0 Å². The largest absolute Gasteiger partial charge is 0.444 e. The van der Waals surface area contributed by atoms with Gasteiger partial charge in [-0.1, -0.05) is 34.1 Å². The number of nitrogens with one attached hydrogen (secondary N) is 1. The van der Waals surface area contributed by atoms with E-state index in [1.807, 2.05) is 24.3 Å². The first kappa shape index (κ1) is 20.0. The maximum Gasteiger partial charge on any atom is 0.412 e. The summed E-state index contributed by atoms with van der Waals surface area (Å²) < 4.78 is 6.17. The summed E-state index contributed by atoms with van der Waals surface area (Å²) in [6.45, 7) is 5.90. The number of hydrogen-bond acceptors (Lipinski definition) is 3. The number of rotatable bonds is 4. The number of anilines is 1. The first-order chi connectivity index (χ1) is 12.2. The standard InChI is InChI=1S/C20H23BrN2O3/c1-20(2,3)26-19(25)22-16-11-9-14(10-12-16)18(24)23(4)13-15-7-5-6-8-17(15)21/h5-12H,13H2,1-4H3,(H,22,25). The molecule has 0 atom stereocenters. The highest BCUT2D eigenvalue weighted by Gasteiger charge is 2.17. The summed E-state index contributed by atoms with van der Waals surface area (Å²) in [5.41, 5.74) is 1.60. The zero-order valence-electron chi connectivity index (χ0n) is 15.4. The lowest BCUT2D eigenvalue weighted by molar-refractivity contribution is 0.0635. The quantitative estimate of drug-likeness (QED) is 0.753. The Balaban J connectivity index is 1.99. The molecule has 6 heteroatoms. The van der Waals surface area contributed by atoms with E-state index in [9.17, 15) is 9.59 Å². The van der Waals surface area contributed by atoms with Gasteiger partial charge < -0.3 is 9.64 Å². The van der Waals surface area contributed by atoms with Crippen LogP contribution in [0.15, 0.2) is 53.0 Å². The third-order valence-corrected chi connectivity index (χ3v) is 4.26. The first-order valence-electron chi connectivity index (χ1n) is 8.24. The van der Waals surface area contributed by atoms with Gasteiger partial charge in [-0.15, -0.1) is 0 Å². The smallest absolute Gasteiger partial charge is 0.412 e. The minimum absolute atomic E-state index is 0.0930. The number of hydrogen-bond donors (Lipinski definition) is 1. The normalized spacial score (nSPS) is 11.0. The van der Waals surface area contributed by atoms with E-state index in [0.29, 0.717) is 17.8 Å². The van der Waals surface area contributed by atoms with Gasteiger partial charge in [0.1, 0.15) is 5.60 Å². The summed E-state index contributed by atoms with van der Waals surface area (Å²) in [7, 11) is 1.76. The Morgan fingerprint density at radius 2 is 1.69 bits per heavy atom. The van der Waals surface area contributed by atoms with E-state index in [0.717, 1.165) is 10.0 Å². The van der Waals surface area contributed by atoms with Gasteiger partial charge >= 0.3 is 6.09 Å². The van der Waals surface area contributed by atoms with Crippen molar-refractivity contribution in [2.45, 2.75) is 32.9 Å². The average molecular weight is 419 g/mol. The van der Waals surface area contributed by atoms with Crippen molar-refractivity contribution in [1.82, 2.24) is 4.90 Å². The minimum atomic E-state index is -0.561. The van der Waals surface area contributed by atoms with Gasteiger partial charge in [0.15, 0.2) is 0 Å². The average Bonchev–Trinajstić information content (AvgIpc) is 2.55. The fourth-order valence-electron chi connectivity index (χ4n) is 2.29. The van der Waals surface area contributed by atoms with Crippen molar-refractivity contribution < 1.29 is 14.3 Å². The molecule has 0 fully saturated rings. The molecule has 2 aromatic carbocycles. The molecule has 0 saturated heterocycles. The number of nitrogens with zero attached hydrogens (tertiary/aromatic N) is 1. The molecule has 1 N–H and O–H groups in total. The molecule has 2 rings (SSSR count). The lowest BCUT2D eigenvalue weighted by Gasteiger charge is -2.20. The molecule has 5 nitrogen and oxygen atoms in total. The molecule has 0 saturated carbocycles. The Kier molecular flexibility index (Phi) is 6.42. The van der Waals surface area contributed by atoms with E-state index in [2.05, 4.69) is 21.2 Å². The number of carbonyl (C=O) groups excluding carboxylic acids is 2. The molecule has 0 radical (unpaired) electrons. The summed E-state index contributed by atoms with van der Waals surface area (Å²) in [6, 6.07) is 14.5. The Morgan fingerprint density at radius 3 is 2.27 bits per heavy atom. The van der Waals surface area contributed by atoms with Crippen molar-refractivity contribution in [3.8, 4) is 0 Å². The lowest BCUT2D eigenvalue weighted by Crippen LogP contribution is -2.27. The molecule has 0 aliphatic heterocycles. The fourth-order valence-corrected chi connectivity index (χ4v) is 2.70. The summed E-state index contributed by atoms with van der Waals surface area (Å²) in [5, 5.41) is 2.65. The van der Waals surface area contributed by atoms with Crippen LogP contribution in [0.25, 0.3) is 0 Å². The molecular weight excluding hydrogens is 396 g/mol. The molecule has 26 heavy (non-hydrogen) atoms. The van der Waals surface area contributed by atoms with Crippen LogP contribution in [0.3, 0.4) is 0 Å². The number of benzene rings is 2. The van der Waals surface area contributed by atoms with Crippen molar-refractivity contribution in [2.24, 2.45) is 0 Å². The third kappa shape index (κ3) is 5.88. The third-order valence-electron chi connectivity index (χ3n) is 3.49. The van der Waals surface area contributed by atoms with Crippen LogP contribution in [0.1, 0.15) is 36.7 Å². The lowest BCUT2D eigenvalue weighted by atomic mass is 10.1. The van der Waals surface area contributed by atoms with E-state index in [1.54, 1.807) is 57.0 Å². The second-order valence-electron chi connectivity index (χ2n) is 6.96. The van der Waals surface area contributed by atoms with Crippen LogP contribution in [0.5, 0.6) is 0 Å². The Bertz CT molecular complexity index is 782. The Morgan fingerprint density at radius 1 is 1.08 bits per heavy atom. The van der Waals surface area contributed by atoms with Gasteiger partial charge in [-0.25, -0.2) is 4.79 Å². The second kappa shape index (κ2) is 8.36. The Hall–Kier alpha value is -2.34. The first-order valence-corrected chi connectivity index (χ1v) is 9.04. The van der Waals surface area contributed by atoms with Gasteiger partial charge in [0.25, 0.3) is 5.91 Å². The molecule has 0 aromatic heterocycles. The monoisotopic (exact) mass is 418 g/mol. The summed E-state index contributed by atoms with van der Waals surface area (Å²) in [5.74, 6) is -0.0930. The summed E-state index contributed by atoms with van der Waals surface area (Å²) >= 11 is 3.49. The molecule has 138 valence electrons. The molecule has 0 bridgehead atoms. The van der Waals surface area contributed by atoms with E-state index in [-0.39, 0.29) is 5.91 Å². The highest BCUT2D eigenvalue weighted by molar-refractivity contribution is 9.10. The van der Waals surface area contributed by atoms with Crippen LogP contribution < -0.4 is 5.32 Å². The maximum atomic E-state index is 12.6. The molecule has 0 unspecified atom stereocenters. The van der Waals surface area contributed by atoms with Crippen molar-refractivity contribution in [3.05, 3.63) is 64.1 Å². The zero-order chi connectivity index (χ0) is 19.3. The number of carbonyl (C=O) groups is 2. The fraction of sp³-hybridized carbons (Fsp3) is 0.300. The SMILES string of the molecule is CN(Cc1ccccc1Br)C(=O)c1ccc(NC(=O)OC(C)(C)C)cc1. The van der Waals surface area contributed by atoms with Crippen LogP contribution in [0.2, 0.25) is 0 Å². The molecule has 2 amide bonds. The van der Waals surface area contributed by atoms with Gasteiger partial charge in [0.05, 0.1) is 0 Å².